The van der Waals surface area contributed by atoms with Crippen molar-refractivity contribution < 1.29 is 9.26 Å². The van der Waals surface area contributed by atoms with Crippen LogP contribution in [-0.4, -0.2) is 12.3 Å². The van der Waals surface area contributed by atoms with Gasteiger partial charge < -0.3 is 15.0 Å². The first kappa shape index (κ1) is 12.3. The van der Waals surface area contributed by atoms with Crippen LogP contribution in [0.3, 0.4) is 0 Å². The number of hydrogen-bond acceptors (Lipinski definition) is 4. The molecule has 4 nitrogen and oxygen atoms in total. The molecular formula is C16H14N2O2. The zero-order valence-electron chi connectivity index (χ0n) is 11.0. The van der Waals surface area contributed by atoms with Crippen molar-refractivity contribution in [3.63, 3.8) is 0 Å². The van der Waals surface area contributed by atoms with Crippen molar-refractivity contribution in [2.45, 2.75) is 0 Å². The van der Waals surface area contributed by atoms with Crippen molar-refractivity contribution in [1.29, 1.82) is 0 Å². The Morgan fingerprint density at radius 1 is 1.00 bits per heavy atom. The average molecular weight is 266 g/mol. The van der Waals surface area contributed by atoms with Gasteiger partial charge in [-0.2, -0.15) is 0 Å². The minimum absolute atomic E-state index is 0.354. The second kappa shape index (κ2) is 5.09. The van der Waals surface area contributed by atoms with Crippen LogP contribution >= 0.6 is 0 Å². The van der Waals surface area contributed by atoms with Crippen LogP contribution in [0.2, 0.25) is 0 Å². The Morgan fingerprint density at radius 2 is 1.80 bits per heavy atom. The Labute approximate surface area is 116 Å². The second-order valence-corrected chi connectivity index (χ2v) is 4.40. The lowest BCUT2D eigenvalue weighted by Crippen LogP contribution is -1.88. The predicted molar refractivity (Wildman–Crippen MR) is 78.3 cm³/mol. The van der Waals surface area contributed by atoms with Crippen LogP contribution in [0, 0.1) is 0 Å². The summed E-state index contributed by atoms with van der Waals surface area (Å²) in [4.78, 5) is 0. The first-order valence-electron chi connectivity index (χ1n) is 6.24. The Morgan fingerprint density at radius 3 is 2.45 bits per heavy atom. The molecule has 0 aliphatic heterocycles. The van der Waals surface area contributed by atoms with Gasteiger partial charge >= 0.3 is 0 Å². The number of nitrogens with zero attached hydrogens (tertiary/aromatic N) is 1. The molecule has 0 aliphatic carbocycles. The Bertz CT molecular complexity index is 720. The Hall–Kier alpha value is -2.75. The van der Waals surface area contributed by atoms with Gasteiger partial charge in [-0.25, -0.2) is 0 Å². The number of methoxy groups -OCH3 is 1. The highest BCUT2D eigenvalue weighted by molar-refractivity contribution is 5.76. The summed E-state index contributed by atoms with van der Waals surface area (Å²) in [5, 5.41) is 3.72. The van der Waals surface area contributed by atoms with E-state index in [1.165, 1.54) is 0 Å². The third-order valence-electron chi connectivity index (χ3n) is 3.10. The Kier molecular flexibility index (Phi) is 3.13. The van der Waals surface area contributed by atoms with Crippen LogP contribution < -0.4 is 10.5 Å². The molecule has 2 N–H and O–H groups in total. The summed E-state index contributed by atoms with van der Waals surface area (Å²) in [6.45, 7) is 0. The maximum absolute atomic E-state index is 5.61. The number of nitrogen functional groups attached to an aromatic ring is 1. The summed E-state index contributed by atoms with van der Waals surface area (Å²) >= 11 is 0. The molecule has 0 atom stereocenters. The molecule has 0 fully saturated rings. The number of benzene rings is 2. The molecule has 0 amide bonds. The fourth-order valence-corrected chi connectivity index (χ4v) is 2.13. The highest BCUT2D eigenvalue weighted by atomic mass is 16.5. The highest BCUT2D eigenvalue weighted by Crippen LogP contribution is 2.34. The first-order chi connectivity index (χ1) is 9.78. The van der Waals surface area contributed by atoms with Gasteiger partial charge in [-0.05, 0) is 23.3 Å². The molecule has 0 radical (unpaired) electrons. The van der Waals surface area contributed by atoms with Crippen molar-refractivity contribution in [3.05, 3.63) is 54.6 Å². The molecule has 0 saturated heterocycles. The zero-order chi connectivity index (χ0) is 13.9. The highest BCUT2D eigenvalue weighted by Gasteiger charge is 2.12. The second-order valence-electron chi connectivity index (χ2n) is 4.40. The van der Waals surface area contributed by atoms with Crippen LogP contribution in [-0.2, 0) is 0 Å². The molecule has 0 spiro atoms. The van der Waals surface area contributed by atoms with E-state index in [1.54, 1.807) is 13.2 Å². The van der Waals surface area contributed by atoms with E-state index in [9.17, 15) is 0 Å². The van der Waals surface area contributed by atoms with Gasteiger partial charge in [0.2, 0.25) is 0 Å². The summed E-state index contributed by atoms with van der Waals surface area (Å²) in [6, 6.07) is 17.7. The van der Waals surface area contributed by atoms with Gasteiger partial charge in [0.1, 0.15) is 5.75 Å². The molecule has 0 bridgehead atoms. The van der Waals surface area contributed by atoms with Crippen molar-refractivity contribution in [3.8, 4) is 28.2 Å². The third kappa shape index (κ3) is 2.23. The molecule has 0 saturated carbocycles. The minimum Gasteiger partial charge on any atom is -0.496 e. The zero-order valence-corrected chi connectivity index (χ0v) is 11.0. The van der Waals surface area contributed by atoms with Crippen molar-refractivity contribution in [2.24, 2.45) is 0 Å². The molecule has 1 heterocycles. The fraction of sp³-hybridized carbons (Fsp3) is 0.0625. The summed E-state index contributed by atoms with van der Waals surface area (Å²) < 4.78 is 10.6. The van der Waals surface area contributed by atoms with E-state index in [4.69, 9.17) is 15.0 Å². The summed E-state index contributed by atoms with van der Waals surface area (Å²) in [6.07, 6.45) is 0. The van der Waals surface area contributed by atoms with E-state index in [-0.39, 0.29) is 0 Å². The van der Waals surface area contributed by atoms with Crippen LogP contribution in [0.25, 0.3) is 22.5 Å². The molecule has 3 rings (SSSR count). The quantitative estimate of drug-likeness (QED) is 0.786. The minimum atomic E-state index is 0.354. The maximum Gasteiger partial charge on any atom is 0.172 e. The van der Waals surface area contributed by atoms with E-state index >= 15 is 0 Å². The van der Waals surface area contributed by atoms with Gasteiger partial charge in [0, 0.05) is 6.07 Å². The summed E-state index contributed by atoms with van der Waals surface area (Å²) in [5.74, 6) is 1.67. The van der Waals surface area contributed by atoms with Crippen LogP contribution in [0.15, 0.2) is 59.1 Å². The standard InChI is InChI=1S/C16H14N2O2/c1-19-14-8-7-12(11-5-3-2-4-6-11)9-13(14)15-10-16(17)18-20-15/h2-10H,1H3,(H2,17,18). The average Bonchev–Trinajstić information content (AvgIpc) is 2.94. The maximum atomic E-state index is 5.61. The van der Waals surface area contributed by atoms with Gasteiger partial charge in [-0.3, -0.25) is 0 Å². The molecule has 0 unspecified atom stereocenters. The molecule has 1 aromatic heterocycles. The van der Waals surface area contributed by atoms with Gasteiger partial charge in [0.05, 0.1) is 12.7 Å². The molecule has 4 heteroatoms. The van der Waals surface area contributed by atoms with E-state index < -0.39 is 0 Å². The van der Waals surface area contributed by atoms with Crippen LogP contribution in [0.1, 0.15) is 0 Å². The molecular weight excluding hydrogens is 252 g/mol. The van der Waals surface area contributed by atoms with Crippen molar-refractivity contribution in [1.82, 2.24) is 5.16 Å². The van der Waals surface area contributed by atoms with E-state index in [1.807, 2.05) is 36.4 Å². The summed E-state index contributed by atoms with van der Waals surface area (Å²) in [5.41, 5.74) is 8.65. The molecule has 20 heavy (non-hydrogen) atoms. The van der Waals surface area contributed by atoms with Gasteiger partial charge in [0.25, 0.3) is 0 Å². The number of ether oxygens (including phenoxy) is 1. The number of anilines is 1. The monoisotopic (exact) mass is 266 g/mol. The normalized spacial score (nSPS) is 10.4. The van der Waals surface area contributed by atoms with Crippen LogP contribution in [0.5, 0.6) is 5.75 Å². The van der Waals surface area contributed by atoms with Gasteiger partial charge in [-0.1, -0.05) is 41.6 Å². The van der Waals surface area contributed by atoms with Gasteiger partial charge in [-0.15, -0.1) is 0 Å². The number of hydrogen-bond donors (Lipinski definition) is 1. The fourth-order valence-electron chi connectivity index (χ4n) is 2.13. The SMILES string of the molecule is COc1ccc(-c2ccccc2)cc1-c1cc(N)no1. The van der Waals surface area contributed by atoms with Crippen molar-refractivity contribution in [2.75, 3.05) is 12.8 Å². The third-order valence-corrected chi connectivity index (χ3v) is 3.10. The molecule has 2 aromatic carbocycles. The lowest BCUT2D eigenvalue weighted by molar-refractivity contribution is 0.407. The lowest BCUT2D eigenvalue weighted by Gasteiger charge is -2.08. The number of aromatic nitrogens is 1. The largest absolute Gasteiger partial charge is 0.496 e. The summed E-state index contributed by atoms with van der Waals surface area (Å²) in [7, 11) is 1.63. The first-order valence-corrected chi connectivity index (χ1v) is 6.24. The predicted octanol–water partition coefficient (Wildman–Crippen LogP) is 3.60. The van der Waals surface area contributed by atoms with E-state index in [0.29, 0.717) is 11.6 Å². The Balaban J connectivity index is 2.12. The lowest BCUT2D eigenvalue weighted by atomic mass is 10.0. The number of rotatable bonds is 3. The molecule has 3 aromatic rings. The van der Waals surface area contributed by atoms with Crippen LogP contribution in [0.4, 0.5) is 5.82 Å². The molecule has 0 aliphatic rings. The topological polar surface area (TPSA) is 61.3 Å². The van der Waals surface area contributed by atoms with Gasteiger partial charge in [0.15, 0.2) is 11.6 Å². The van der Waals surface area contributed by atoms with E-state index in [2.05, 4.69) is 17.3 Å². The molecule has 100 valence electrons. The number of nitrogens with two attached hydrogens (primary N) is 1. The smallest absolute Gasteiger partial charge is 0.172 e. The van der Waals surface area contributed by atoms with Crippen molar-refractivity contribution >= 4 is 5.82 Å². The van der Waals surface area contributed by atoms with E-state index in [0.717, 1.165) is 22.4 Å².